The first kappa shape index (κ1) is 17.2. The normalized spacial score (nSPS) is 18.7. The molecule has 1 saturated heterocycles. The SMILES string of the molecule is Cc1cn(CC(=O)N2CCC3(CC2)OCCc2sccc23)c(=O)[nH]c1=O. The van der Waals surface area contributed by atoms with E-state index in [9.17, 15) is 14.4 Å². The lowest BCUT2D eigenvalue weighted by atomic mass is 9.82. The molecule has 1 N–H and O–H groups in total. The van der Waals surface area contributed by atoms with Gasteiger partial charge >= 0.3 is 5.69 Å². The van der Waals surface area contributed by atoms with Crippen LogP contribution in [0.15, 0.2) is 27.2 Å². The molecule has 0 unspecified atom stereocenters. The lowest BCUT2D eigenvalue weighted by Crippen LogP contribution is -2.49. The molecule has 26 heavy (non-hydrogen) atoms. The minimum atomic E-state index is -0.555. The molecule has 2 aliphatic rings. The molecule has 7 nitrogen and oxygen atoms in total. The topological polar surface area (TPSA) is 84.4 Å². The van der Waals surface area contributed by atoms with Crippen molar-refractivity contribution in [3.05, 3.63) is 54.5 Å². The maximum atomic E-state index is 12.6. The number of aromatic amines is 1. The highest BCUT2D eigenvalue weighted by Gasteiger charge is 2.42. The molecule has 1 spiro atoms. The minimum Gasteiger partial charge on any atom is -0.370 e. The van der Waals surface area contributed by atoms with Crippen LogP contribution in [0, 0.1) is 6.92 Å². The zero-order chi connectivity index (χ0) is 18.3. The summed E-state index contributed by atoms with van der Waals surface area (Å²) in [7, 11) is 0. The van der Waals surface area contributed by atoms with E-state index in [1.165, 1.54) is 21.2 Å². The molecule has 138 valence electrons. The molecular weight excluding hydrogens is 354 g/mol. The largest absolute Gasteiger partial charge is 0.370 e. The summed E-state index contributed by atoms with van der Waals surface area (Å²) < 4.78 is 7.42. The van der Waals surface area contributed by atoms with Crippen molar-refractivity contribution in [3.63, 3.8) is 0 Å². The van der Waals surface area contributed by atoms with E-state index in [0.29, 0.717) is 18.7 Å². The first-order valence-corrected chi connectivity index (χ1v) is 9.65. The molecule has 0 bridgehead atoms. The van der Waals surface area contributed by atoms with E-state index < -0.39 is 11.2 Å². The Hall–Kier alpha value is -2.19. The van der Waals surface area contributed by atoms with Crippen LogP contribution in [0.25, 0.3) is 0 Å². The van der Waals surface area contributed by atoms with Crippen molar-refractivity contribution in [2.75, 3.05) is 19.7 Å². The highest BCUT2D eigenvalue weighted by Crippen LogP contribution is 2.43. The number of aromatic nitrogens is 2. The molecule has 0 saturated carbocycles. The number of H-pyrrole nitrogens is 1. The summed E-state index contributed by atoms with van der Waals surface area (Å²) in [5, 5.41) is 2.11. The lowest BCUT2D eigenvalue weighted by molar-refractivity contribution is -0.141. The number of hydrogen-bond acceptors (Lipinski definition) is 5. The number of aryl methyl sites for hydroxylation is 1. The molecule has 4 heterocycles. The van der Waals surface area contributed by atoms with Crippen LogP contribution < -0.4 is 11.2 Å². The molecule has 2 aromatic heterocycles. The Balaban J connectivity index is 1.46. The monoisotopic (exact) mass is 375 g/mol. The van der Waals surface area contributed by atoms with Crippen molar-refractivity contribution in [1.29, 1.82) is 0 Å². The Labute approximate surface area is 154 Å². The standard InChI is InChI=1S/C18H21N3O4S/c1-12-10-21(17(24)19-16(12)23)11-15(22)20-6-4-18(5-7-20)13-3-9-26-14(13)2-8-25-18/h3,9-10H,2,4-8,11H2,1H3,(H,19,23,24). The van der Waals surface area contributed by atoms with E-state index in [1.54, 1.807) is 23.2 Å². The second-order valence-electron chi connectivity index (χ2n) is 6.93. The summed E-state index contributed by atoms with van der Waals surface area (Å²) in [6.45, 7) is 3.49. The number of thiophene rings is 1. The number of likely N-dealkylation sites (tertiary alicyclic amines) is 1. The predicted octanol–water partition coefficient (Wildman–Crippen LogP) is 0.997. The van der Waals surface area contributed by atoms with Crippen LogP contribution in [0.1, 0.15) is 28.8 Å². The highest BCUT2D eigenvalue weighted by molar-refractivity contribution is 7.10. The first-order valence-electron chi connectivity index (χ1n) is 8.77. The maximum absolute atomic E-state index is 12.6. The van der Waals surface area contributed by atoms with E-state index in [4.69, 9.17) is 4.74 Å². The van der Waals surface area contributed by atoms with Gasteiger partial charge in [-0.3, -0.25) is 19.1 Å². The Morgan fingerprint density at radius 3 is 2.88 bits per heavy atom. The molecule has 1 fully saturated rings. The van der Waals surface area contributed by atoms with Crippen LogP contribution in [0.3, 0.4) is 0 Å². The van der Waals surface area contributed by atoms with Crippen molar-refractivity contribution in [2.45, 2.75) is 38.3 Å². The van der Waals surface area contributed by atoms with Crippen LogP contribution in [-0.2, 0) is 28.1 Å². The Bertz CT molecular complexity index is 950. The van der Waals surface area contributed by atoms with Crippen LogP contribution >= 0.6 is 11.3 Å². The molecular formula is C18H21N3O4S. The fourth-order valence-electron chi connectivity index (χ4n) is 3.87. The zero-order valence-corrected chi connectivity index (χ0v) is 15.4. The number of hydrogen-bond donors (Lipinski definition) is 1. The molecule has 0 atom stereocenters. The van der Waals surface area contributed by atoms with Gasteiger partial charge in [0.15, 0.2) is 0 Å². The van der Waals surface area contributed by atoms with E-state index in [1.807, 2.05) is 0 Å². The zero-order valence-electron chi connectivity index (χ0n) is 14.6. The summed E-state index contributed by atoms with van der Waals surface area (Å²) >= 11 is 1.78. The van der Waals surface area contributed by atoms with Gasteiger partial charge in [-0.05, 0) is 36.8 Å². The number of fused-ring (bicyclic) bond motifs is 2. The van der Waals surface area contributed by atoms with Gasteiger partial charge in [0.1, 0.15) is 6.54 Å². The van der Waals surface area contributed by atoms with Gasteiger partial charge in [0.25, 0.3) is 5.56 Å². The number of carbonyl (C=O) groups excluding carboxylic acids is 1. The number of nitrogens with zero attached hydrogens (tertiary/aromatic N) is 2. The van der Waals surface area contributed by atoms with Gasteiger partial charge in [0.05, 0.1) is 12.2 Å². The molecule has 1 amide bonds. The van der Waals surface area contributed by atoms with Crippen molar-refractivity contribution >= 4 is 17.2 Å². The lowest BCUT2D eigenvalue weighted by Gasteiger charge is -2.44. The summed E-state index contributed by atoms with van der Waals surface area (Å²) in [6, 6.07) is 2.15. The van der Waals surface area contributed by atoms with Crippen molar-refractivity contribution in [2.24, 2.45) is 0 Å². The highest BCUT2D eigenvalue weighted by atomic mass is 32.1. The van der Waals surface area contributed by atoms with Gasteiger partial charge in [-0.1, -0.05) is 0 Å². The fraction of sp³-hybridized carbons (Fsp3) is 0.500. The molecule has 0 aliphatic carbocycles. The van der Waals surface area contributed by atoms with Crippen LogP contribution in [0.4, 0.5) is 0 Å². The maximum Gasteiger partial charge on any atom is 0.328 e. The molecule has 0 aromatic carbocycles. The van der Waals surface area contributed by atoms with Crippen LogP contribution in [0.2, 0.25) is 0 Å². The number of rotatable bonds is 2. The fourth-order valence-corrected chi connectivity index (χ4v) is 4.82. The Morgan fingerprint density at radius 1 is 1.35 bits per heavy atom. The average molecular weight is 375 g/mol. The second-order valence-corrected chi connectivity index (χ2v) is 7.93. The number of piperidine rings is 1. The summed E-state index contributed by atoms with van der Waals surface area (Å²) in [5.41, 5.74) is 0.458. The van der Waals surface area contributed by atoms with Gasteiger partial charge < -0.3 is 9.64 Å². The molecule has 0 radical (unpaired) electrons. The third kappa shape index (κ3) is 2.93. The molecule has 4 rings (SSSR count). The van der Waals surface area contributed by atoms with E-state index >= 15 is 0 Å². The van der Waals surface area contributed by atoms with Crippen LogP contribution in [-0.4, -0.2) is 40.1 Å². The summed E-state index contributed by atoms with van der Waals surface area (Å²) in [5.74, 6) is -0.116. The number of amides is 1. The molecule has 8 heteroatoms. The Morgan fingerprint density at radius 2 is 2.12 bits per heavy atom. The van der Waals surface area contributed by atoms with Crippen molar-refractivity contribution in [1.82, 2.24) is 14.5 Å². The van der Waals surface area contributed by atoms with Gasteiger partial charge in [-0.2, -0.15) is 0 Å². The van der Waals surface area contributed by atoms with E-state index in [2.05, 4.69) is 16.4 Å². The summed E-state index contributed by atoms with van der Waals surface area (Å²) in [4.78, 5) is 41.4. The number of ether oxygens (including phenoxy) is 1. The van der Waals surface area contributed by atoms with Gasteiger partial charge in [0, 0.05) is 36.1 Å². The van der Waals surface area contributed by atoms with Gasteiger partial charge in [0.2, 0.25) is 5.91 Å². The van der Waals surface area contributed by atoms with Gasteiger partial charge in [-0.15, -0.1) is 11.3 Å². The number of nitrogens with one attached hydrogen (secondary N) is 1. The Kier molecular flexibility index (Phi) is 4.32. The average Bonchev–Trinajstić information content (AvgIpc) is 3.11. The summed E-state index contributed by atoms with van der Waals surface area (Å²) in [6.07, 6.45) is 3.93. The van der Waals surface area contributed by atoms with Crippen LogP contribution in [0.5, 0.6) is 0 Å². The second kappa shape index (κ2) is 6.51. The van der Waals surface area contributed by atoms with Crippen molar-refractivity contribution < 1.29 is 9.53 Å². The van der Waals surface area contributed by atoms with E-state index in [-0.39, 0.29) is 18.1 Å². The first-order chi connectivity index (χ1) is 12.5. The minimum absolute atomic E-state index is 0.0615. The third-order valence-electron chi connectivity index (χ3n) is 5.36. The third-order valence-corrected chi connectivity index (χ3v) is 6.34. The quantitative estimate of drug-likeness (QED) is 0.849. The molecule has 2 aromatic rings. The smallest absolute Gasteiger partial charge is 0.328 e. The predicted molar refractivity (Wildman–Crippen MR) is 97.5 cm³/mol. The molecule has 2 aliphatic heterocycles. The number of carbonyl (C=O) groups is 1. The van der Waals surface area contributed by atoms with E-state index in [0.717, 1.165) is 25.9 Å². The van der Waals surface area contributed by atoms with Crippen molar-refractivity contribution in [3.8, 4) is 0 Å². The van der Waals surface area contributed by atoms with Gasteiger partial charge in [-0.25, -0.2) is 4.79 Å².